The maximum atomic E-state index is 13.2. The van der Waals surface area contributed by atoms with Crippen molar-refractivity contribution in [3.8, 4) is 6.07 Å². The van der Waals surface area contributed by atoms with Crippen LogP contribution in [0.15, 0.2) is 30.5 Å². The van der Waals surface area contributed by atoms with E-state index < -0.39 is 24.0 Å². The zero-order chi connectivity index (χ0) is 22.7. The SMILES string of the molecule is N#CC1CCN(C(=O)OCCC2CC2)C[C@H]1n1cc(C(N)=O)c(Nc2ccc(F)cc2)n1. The zero-order valence-electron chi connectivity index (χ0n) is 17.5. The molecule has 0 spiro atoms. The second-order valence-corrected chi connectivity index (χ2v) is 8.25. The number of nitrogens with two attached hydrogens (primary N) is 1. The van der Waals surface area contributed by atoms with Gasteiger partial charge in [-0.15, -0.1) is 0 Å². The van der Waals surface area contributed by atoms with E-state index in [1.165, 1.54) is 48.0 Å². The van der Waals surface area contributed by atoms with Gasteiger partial charge in [-0.1, -0.05) is 12.8 Å². The summed E-state index contributed by atoms with van der Waals surface area (Å²) in [5.41, 5.74) is 6.18. The Morgan fingerprint density at radius 3 is 2.69 bits per heavy atom. The van der Waals surface area contributed by atoms with Crippen LogP contribution in [0.3, 0.4) is 0 Å². The highest BCUT2D eigenvalue weighted by Gasteiger charge is 2.35. The molecule has 168 valence electrons. The molecule has 2 aromatic rings. The van der Waals surface area contributed by atoms with E-state index in [0.717, 1.165) is 6.42 Å². The molecule has 0 bridgehead atoms. The minimum atomic E-state index is -0.693. The first kappa shape index (κ1) is 21.6. The Labute approximate surface area is 184 Å². The number of nitriles is 1. The third kappa shape index (κ3) is 4.99. The summed E-state index contributed by atoms with van der Waals surface area (Å²) in [7, 11) is 0. The lowest BCUT2D eigenvalue weighted by molar-refractivity contribution is 0.0745. The number of piperidine rings is 1. The second-order valence-electron chi connectivity index (χ2n) is 8.25. The van der Waals surface area contributed by atoms with Gasteiger partial charge in [-0.05, 0) is 43.0 Å². The number of carbonyl (C=O) groups excluding carboxylic acids is 2. The fourth-order valence-electron chi connectivity index (χ4n) is 3.83. The van der Waals surface area contributed by atoms with Crippen molar-refractivity contribution in [3.05, 3.63) is 41.8 Å². The molecule has 2 amide bonds. The summed E-state index contributed by atoms with van der Waals surface area (Å²) in [4.78, 5) is 26.1. The van der Waals surface area contributed by atoms with Crippen molar-refractivity contribution in [2.75, 3.05) is 25.0 Å². The summed E-state index contributed by atoms with van der Waals surface area (Å²) in [5, 5.41) is 17.0. The molecule has 32 heavy (non-hydrogen) atoms. The molecule has 1 unspecified atom stereocenters. The van der Waals surface area contributed by atoms with Crippen LogP contribution in [0.1, 0.15) is 42.1 Å². The standard InChI is InChI=1S/C22H25FN6O3/c23-16-3-5-17(6-4-16)26-21-18(20(25)30)12-29(27-21)19-13-28(9-7-15(19)11-24)22(31)32-10-8-14-1-2-14/h3-6,12,14-15,19H,1-2,7-10,13H2,(H2,25,30)(H,26,27)/t15?,19-/m1/s1. The molecule has 10 heteroatoms. The highest BCUT2D eigenvalue weighted by atomic mass is 19.1. The number of nitrogens with one attached hydrogen (secondary N) is 1. The first-order chi connectivity index (χ1) is 15.4. The van der Waals surface area contributed by atoms with Crippen LogP contribution in [-0.4, -0.2) is 46.4 Å². The quantitative estimate of drug-likeness (QED) is 0.681. The Kier molecular flexibility index (Phi) is 6.25. The van der Waals surface area contributed by atoms with Crippen molar-refractivity contribution >= 4 is 23.5 Å². The van der Waals surface area contributed by atoms with Crippen molar-refractivity contribution < 1.29 is 18.7 Å². The predicted molar refractivity (Wildman–Crippen MR) is 113 cm³/mol. The summed E-state index contributed by atoms with van der Waals surface area (Å²) >= 11 is 0. The van der Waals surface area contributed by atoms with Crippen molar-refractivity contribution in [2.45, 2.75) is 31.7 Å². The molecule has 2 atom stereocenters. The summed E-state index contributed by atoms with van der Waals surface area (Å²) in [6, 6.07) is 7.39. The number of hydrogen-bond acceptors (Lipinski definition) is 6. The predicted octanol–water partition coefficient (Wildman–Crippen LogP) is 3.19. The van der Waals surface area contributed by atoms with Crippen LogP contribution in [0, 0.1) is 29.0 Å². The van der Waals surface area contributed by atoms with Gasteiger partial charge in [0.05, 0.1) is 24.6 Å². The largest absolute Gasteiger partial charge is 0.449 e. The Hall–Kier alpha value is -3.61. The Balaban J connectivity index is 1.51. The lowest BCUT2D eigenvalue weighted by Crippen LogP contribution is -2.44. The van der Waals surface area contributed by atoms with Gasteiger partial charge in [-0.2, -0.15) is 10.4 Å². The molecular weight excluding hydrogens is 415 g/mol. The second kappa shape index (κ2) is 9.26. The molecule has 1 saturated heterocycles. The molecule has 2 heterocycles. The van der Waals surface area contributed by atoms with Gasteiger partial charge in [0.2, 0.25) is 0 Å². The van der Waals surface area contributed by atoms with E-state index >= 15 is 0 Å². The summed E-state index contributed by atoms with van der Waals surface area (Å²) in [6.45, 7) is 1.05. The van der Waals surface area contributed by atoms with Crippen molar-refractivity contribution in [1.82, 2.24) is 14.7 Å². The fraction of sp³-hybridized carbons (Fsp3) is 0.455. The van der Waals surface area contributed by atoms with Crippen LogP contribution < -0.4 is 11.1 Å². The monoisotopic (exact) mass is 440 g/mol. The number of nitrogens with zero attached hydrogens (tertiary/aromatic N) is 4. The van der Waals surface area contributed by atoms with Crippen molar-refractivity contribution in [1.29, 1.82) is 5.26 Å². The Morgan fingerprint density at radius 1 is 1.28 bits per heavy atom. The zero-order valence-corrected chi connectivity index (χ0v) is 17.5. The van der Waals surface area contributed by atoms with Crippen LogP contribution in [0.4, 0.5) is 20.7 Å². The van der Waals surface area contributed by atoms with Crippen LogP contribution in [0.2, 0.25) is 0 Å². The molecule has 1 aliphatic carbocycles. The molecule has 2 fully saturated rings. The molecule has 1 aliphatic heterocycles. The lowest BCUT2D eigenvalue weighted by Gasteiger charge is -2.35. The van der Waals surface area contributed by atoms with Gasteiger partial charge < -0.3 is 20.7 Å². The minimum absolute atomic E-state index is 0.134. The number of likely N-dealkylation sites (tertiary alicyclic amines) is 1. The van der Waals surface area contributed by atoms with Gasteiger partial charge in [-0.25, -0.2) is 9.18 Å². The van der Waals surface area contributed by atoms with E-state index in [0.29, 0.717) is 31.2 Å². The summed E-state index contributed by atoms with van der Waals surface area (Å²) in [5.74, 6) is -0.612. The van der Waals surface area contributed by atoms with E-state index in [9.17, 15) is 19.2 Å². The molecule has 1 saturated carbocycles. The number of primary amides is 1. The average molecular weight is 440 g/mol. The van der Waals surface area contributed by atoms with E-state index in [4.69, 9.17) is 10.5 Å². The normalized spacial score (nSPS) is 20.4. The van der Waals surface area contributed by atoms with Gasteiger partial charge in [-0.3, -0.25) is 9.48 Å². The number of amides is 2. The smallest absolute Gasteiger partial charge is 0.409 e. The molecule has 9 nitrogen and oxygen atoms in total. The van der Waals surface area contributed by atoms with Crippen LogP contribution in [-0.2, 0) is 4.74 Å². The van der Waals surface area contributed by atoms with E-state index in [-0.39, 0.29) is 23.7 Å². The Morgan fingerprint density at radius 2 is 2.03 bits per heavy atom. The van der Waals surface area contributed by atoms with E-state index in [1.54, 1.807) is 4.90 Å². The van der Waals surface area contributed by atoms with Crippen LogP contribution in [0.25, 0.3) is 0 Å². The summed E-state index contributed by atoms with van der Waals surface area (Å²) in [6.07, 6.45) is 4.81. The first-order valence-electron chi connectivity index (χ1n) is 10.7. The topological polar surface area (TPSA) is 126 Å². The number of hydrogen-bond donors (Lipinski definition) is 2. The van der Waals surface area contributed by atoms with Gasteiger partial charge in [0, 0.05) is 25.0 Å². The summed E-state index contributed by atoms with van der Waals surface area (Å²) < 4.78 is 20.1. The average Bonchev–Trinajstić information content (AvgIpc) is 3.51. The highest BCUT2D eigenvalue weighted by Crippen LogP contribution is 2.33. The first-order valence-corrected chi connectivity index (χ1v) is 10.7. The van der Waals surface area contributed by atoms with Crippen LogP contribution in [0.5, 0.6) is 0 Å². The van der Waals surface area contributed by atoms with E-state index in [2.05, 4.69) is 16.5 Å². The Bertz CT molecular complexity index is 1030. The number of anilines is 2. The number of rotatable bonds is 7. The number of halogens is 1. The molecule has 4 rings (SSSR count). The number of aromatic nitrogens is 2. The van der Waals surface area contributed by atoms with Gasteiger partial charge >= 0.3 is 6.09 Å². The number of carbonyl (C=O) groups is 2. The highest BCUT2D eigenvalue weighted by molar-refractivity contribution is 5.98. The number of benzene rings is 1. The fourth-order valence-corrected chi connectivity index (χ4v) is 3.83. The van der Waals surface area contributed by atoms with E-state index in [1.807, 2.05) is 0 Å². The van der Waals surface area contributed by atoms with Crippen molar-refractivity contribution in [2.24, 2.45) is 17.6 Å². The molecule has 0 radical (unpaired) electrons. The third-order valence-electron chi connectivity index (χ3n) is 5.90. The molecular formula is C22H25FN6O3. The lowest BCUT2D eigenvalue weighted by atomic mass is 9.93. The maximum Gasteiger partial charge on any atom is 0.409 e. The van der Waals surface area contributed by atoms with Gasteiger partial charge in [0.15, 0.2) is 5.82 Å². The molecule has 2 aliphatic rings. The maximum absolute atomic E-state index is 13.2. The third-order valence-corrected chi connectivity index (χ3v) is 5.90. The minimum Gasteiger partial charge on any atom is -0.449 e. The van der Waals surface area contributed by atoms with Crippen molar-refractivity contribution in [3.63, 3.8) is 0 Å². The molecule has 1 aromatic heterocycles. The van der Waals surface area contributed by atoms with Gasteiger partial charge in [0.1, 0.15) is 11.4 Å². The van der Waals surface area contributed by atoms with Crippen LogP contribution >= 0.6 is 0 Å². The molecule has 3 N–H and O–H groups in total. The number of ether oxygens (including phenoxy) is 1. The van der Waals surface area contributed by atoms with Gasteiger partial charge in [0.25, 0.3) is 5.91 Å². The molecule has 1 aromatic carbocycles.